The predicted molar refractivity (Wildman–Crippen MR) is 169 cm³/mol. The molecule has 0 radical (unpaired) electrons. The molecule has 1 aromatic heterocycles. The molecule has 2 aromatic carbocycles. The summed E-state index contributed by atoms with van der Waals surface area (Å²) in [5.41, 5.74) is 8.10. The molecule has 2 aliphatic rings. The summed E-state index contributed by atoms with van der Waals surface area (Å²) < 4.78 is 29.6. The van der Waals surface area contributed by atoms with Gasteiger partial charge < -0.3 is 20.3 Å². The van der Waals surface area contributed by atoms with Gasteiger partial charge in [-0.2, -0.15) is 0 Å². The number of benzene rings is 2. The normalized spacial score (nSPS) is 18.5. The fourth-order valence-corrected chi connectivity index (χ4v) is 6.95. The van der Waals surface area contributed by atoms with E-state index in [0.717, 1.165) is 21.7 Å². The smallest absolute Gasteiger partial charge is 0.269 e. The number of amides is 2. The van der Waals surface area contributed by atoms with Gasteiger partial charge in [0, 0.05) is 37.3 Å². The molecule has 0 spiro atoms. The molecule has 0 aliphatic carbocycles. The Morgan fingerprint density at radius 2 is 1.81 bits per heavy atom. The fraction of sp³-hybridized carbons (Fsp3) is 0.323. The molecule has 2 saturated heterocycles. The Bertz CT molecular complexity index is 1680. The van der Waals surface area contributed by atoms with Crippen LogP contribution >= 0.6 is 22.9 Å². The maximum atomic E-state index is 13.5. The zero-order valence-electron chi connectivity index (χ0n) is 23.7. The molecule has 2 N–H and O–H groups in total. The van der Waals surface area contributed by atoms with E-state index in [4.69, 9.17) is 27.1 Å². The number of para-hydroxylation sites is 1. The summed E-state index contributed by atoms with van der Waals surface area (Å²) in [5, 5.41) is 0.441. The lowest BCUT2D eigenvalue weighted by molar-refractivity contribution is -0.143. The minimum atomic E-state index is -3.37. The van der Waals surface area contributed by atoms with Crippen LogP contribution in [0.25, 0.3) is 10.4 Å². The van der Waals surface area contributed by atoms with Crippen molar-refractivity contribution in [1.29, 1.82) is 0 Å². The molecule has 2 amide bonds. The molecule has 9 nitrogen and oxygen atoms in total. The number of nitrogens with two attached hydrogens (primary N) is 1. The number of hydrogen-bond acceptors (Lipinski definition) is 8. The van der Waals surface area contributed by atoms with Gasteiger partial charge in [-0.25, -0.2) is 13.4 Å². The number of allylic oxidation sites excluding steroid dienone is 1. The molecule has 2 aliphatic heterocycles. The van der Waals surface area contributed by atoms with Gasteiger partial charge in [-0.15, -0.1) is 11.3 Å². The number of halogens is 1. The van der Waals surface area contributed by atoms with Crippen LogP contribution in [0.3, 0.4) is 0 Å². The van der Waals surface area contributed by atoms with Crippen LogP contribution in [0.15, 0.2) is 82.3 Å². The third kappa shape index (κ3) is 7.53. The van der Waals surface area contributed by atoms with Crippen molar-refractivity contribution >= 4 is 56.0 Å². The second-order valence-electron chi connectivity index (χ2n) is 10.5. The van der Waals surface area contributed by atoms with Gasteiger partial charge in [-0.1, -0.05) is 35.9 Å². The topological polar surface area (TPSA) is 122 Å². The van der Waals surface area contributed by atoms with Gasteiger partial charge in [0.05, 0.1) is 51.0 Å². The number of thiophene rings is 1. The van der Waals surface area contributed by atoms with E-state index in [1.54, 1.807) is 47.4 Å². The Labute approximate surface area is 260 Å². The lowest BCUT2D eigenvalue weighted by Gasteiger charge is -2.36. The molecule has 3 heterocycles. The van der Waals surface area contributed by atoms with Gasteiger partial charge >= 0.3 is 0 Å². The monoisotopic (exact) mass is 640 g/mol. The van der Waals surface area contributed by atoms with Crippen molar-refractivity contribution in [1.82, 2.24) is 9.80 Å². The van der Waals surface area contributed by atoms with E-state index in [1.807, 2.05) is 29.2 Å². The molecule has 5 rings (SSSR count). The van der Waals surface area contributed by atoms with Crippen molar-refractivity contribution in [2.45, 2.75) is 17.7 Å². The molecule has 0 bridgehead atoms. The van der Waals surface area contributed by atoms with Gasteiger partial charge in [-0.05, 0) is 60.9 Å². The number of ether oxygens (including phenoxy) is 1. The van der Waals surface area contributed by atoms with E-state index in [1.165, 1.54) is 17.6 Å². The minimum Gasteiger partial charge on any atom is -0.394 e. The molecule has 2 fully saturated rings. The SMILES string of the molecule is CS(=O)(=O)c1cccc(-c2ccc(C(/C=C(\N)C(=O)N3CCCC(C(=O)N4CCOCC4)C3)=Nc3ccccc3Cl)s2)c1. The summed E-state index contributed by atoms with van der Waals surface area (Å²) in [6.45, 7) is 3.00. The number of likely N-dealkylation sites (tertiary alicyclic amines) is 1. The van der Waals surface area contributed by atoms with Gasteiger partial charge in [0.1, 0.15) is 0 Å². The number of sulfone groups is 1. The molecule has 0 saturated carbocycles. The molecule has 1 unspecified atom stereocenters. The van der Waals surface area contributed by atoms with Gasteiger partial charge in [-0.3, -0.25) is 9.59 Å². The van der Waals surface area contributed by atoms with Crippen molar-refractivity contribution in [3.8, 4) is 10.4 Å². The lowest BCUT2D eigenvalue weighted by atomic mass is 9.96. The quantitative estimate of drug-likeness (QED) is 0.299. The number of carbonyl (C=O) groups is 2. The summed E-state index contributed by atoms with van der Waals surface area (Å²) in [6.07, 6.45) is 4.15. The molecular weight excluding hydrogens is 608 g/mol. The number of aliphatic imine (C=N–C) groups is 1. The molecule has 1 atom stereocenters. The Morgan fingerprint density at radius 1 is 1.05 bits per heavy atom. The van der Waals surface area contributed by atoms with Gasteiger partial charge in [0.25, 0.3) is 5.91 Å². The summed E-state index contributed by atoms with van der Waals surface area (Å²) in [4.78, 5) is 36.6. The van der Waals surface area contributed by atoms with Crippen LogP contribution in [-0.4, -0.2) is 81.4 Å². The number of rotatable bonds is 7. The maximum absolute atomic E-state index is 13.5. The molecule has 226 valence electrons. The summed E-state index contributed by atoms with van der Waals surface area (Å²) in [6, 6.07) is 17.6. The molecular formula is C31H33ClN4O5S2. The largest absolute Gasteiger partial charge is 0.394 e. The Hall–Kier alpha value is -3.51. The minimum absolute atomic E-state index is 0.000649. The lowest BCUT2D eigenvalue weighted by Crippen LogP contribution is -2.50. The Kier molecular flexibility index (Phi) is 9.65. The highest BCUT2D eigenvalue weighted by atomic mass is 35.5. The highest BCUT2D eigenvalue weighted by Gasteiger charge is 2.32. The van der Waals surface area contributed by atoms with Gasteiger partial charge in [0.15, 0.2) is 9.84 Å². The van der Waals surface area contributed by atoms with E-state index in [2.05, 4.69) is 0 Å². The van der Waals surface area contributed by atoms with Crippen molar-refractivity contribution in [2.24, 2.45) is 16.6 Å². The van der Waals surface area contributed by atoms with Crippen molar-refractivity contribution in [3.63, 3.8) is 0 Å². The first-order valence-corrected chi connectivity index (χ1v) is 17.1. The first-order valence-electron chi connectivity index (χ1n) is 14.0. The van der Waals surface area contributed by atoms with Crippen LogP contribution in [0.1, 0.15) is 17.7 Å². The number of hydrogen-bond donors (Lipinski definition) is 1. The number of piperidine rings is 1. The third-order valence-corrected chi connectivity index (χ3v) is 10.0. The van der Waals surface area contributed by atoms with Crippen molar-refractivity contribution < 1.29 is 22.7 Å². The Balaban J connectivity index is 1.42. The van der Waals surface area contributed by atoms with Crippen LogP contribution in [0, 0.1) is 5.92 Å². The third-order valence-electron chi connectivity index (χ3n) is 7.42. The molecule has 12 heteroatoms. The first-order chi connectivity index (χ1) is 20.6. The highest BCUT2D eigenvalue weighted by molar-refractivity contribution is 7.90. The van der Waals surface area contributed by atoms with E-state index < -0.39 is 9.84 Å². The molecule has 43 heavy (non-hydrogen) atoms. The average Bonchev–Trinajstić information content (AvgIpc) is 3.52. The Morgan fingerprint density at radius 3 is 2.56 bits per heavy atom. The first kappa shape index (κ1) is 30.9. The van der Waals surface area contributed by atoms with E-state index in [9.17, 15) is 18.0 Å². The van der Waals surface area contributed by atoms with E-state index >= 15 is 0 Å². The second kappa shape index (κ2) is 13.4. The zero-order chi connectivity index (χ0) is 30.6. The van der Waals surface area contributed by atoms with E-state index in [-0.39, 0.29) is 28.3 Å². The number of carbonyl (C=O) groups excluding carboxylic acids is 2. The van der Waals surface area contributed by atoms with Crippen LogP contribution < -0.4 is 5.73 Å². The fourth-order valence-electron chi connectivity index (χ4n) is 5.14. The zero-order valence-corrected chi connectivity index (χ0v) is 26.1. The highest BCUT2D eigenvalue weighted by Crippen LogP contribution is 2.32. The summed E-state index contributed by atoms with van der Waals surface area (Å²) in [7, 11) is -3.37. The number of morpholine rings is 1. The average molecular weight is 641 g/mol. The maximum Gasteiger partial charge on any atom is 0.269 e. The van der Waals surface area contributed by atoms with Gasteiger partial charge in [0.2, 0.25) is 5.91 Å². The number of nitrogens with zero attached hydrogens (tertiary/aromatic N) is 3. The van der Waals surface area contributed by atoms with Crippen LogP contribution in [-0.2, 0) is 24.2 Å². The van der Waals surface area contributed by atoms with Crippen molar-refractivity contribution in [2.75, 3.05) is 45.6 Å². The predicted octanol–water partition coefficient (Wildman–Crippen LogP) is 4.53. The summed E-state index contributed by atoms with van der Waals surface area (Å²) in [5.74, 6) is -0.582. The second-order valence-corrected chi connectivity index (χ2v) is 14.0. The van der Waals surface area contributed by atoms with Crippen LogP contribution in [0.2, 0.25) is 5.02 Å². The summed E-state index contributed by atoms with van der Waals surface area (Å²) >= 11 is 7.81. The standard InChI is InChI=1S/C31H33ClN4O5S2/c1-43(39,40)23-8-4-6-21(18-23)28-11-12-29(42-28)27(34-26-10-3-2-9-24(26)32)19-25(33)31(38)36-13-5-7-22(20-36)30(37)35-14-16-41-17-15-35/h2-4,6,8-12,18-19,22H,5,7,13-17,20,33H2,1H3/b25-19-,34-27?. The molecule has 3 aromatic rings. The van der Waals surface area contributed by atoms with Crippen LogP contribution in [0.5, 0.6) is 0 Å². The van der Waals surface area contributed by atoms with E-state index in [0.29, 0.717) is 62.2 Å². The van der Waals surface area contributed by atoms with Crippen LogP contribution in [0.4, 0.5) is 5.69 Å². The van der Waals surface area contributed by atoms with Crippen molar-refractivity contribution in [3.05, 3.63) is 82.3 Å².